The lowest BCUT2D eigenvalue weighted by atomic mass is 9.34. The molecule has 15 heteroatoms. The van der Waals surface area contributed by atoms with E-state index in [9.17, 15) is 45.6 Å². The minimum atomic E-state index is -1.71. The number of carbonyl (C=O) groups excluding carboxylic acids is 1. The number of esters is 1. The van der Waals surface area contributed by atoms with Gasteiger partial charge in [0.1, 0.15) is 49.3 Å². The van der Waals surface area contributed by atoms with Gasteiger partial charge in [0.05, 0.1) is 42.2 Å². The van der Waals surface area contributed by atoms with Gasteiger partial charge in [-0.05, 0) is 117 Å². The van der Waals surface area contributed by atoms with Crippen LogP contribution in [0.15, 0.2) is 0 Å². The Labute approximate surface area is 342 Å². The molecule has 7 aliphatic rings. The predicted octanol–water partition coefficient (Wildman–Crippen LogP) is 1.54. The van der Waals surface area contributed by atoms with Crippen LogP contribution >= 0.6 is 0 Å². The van der Waals surface area contributed by atoms with E-state index >= 15 is 0 Å². The van der Waals surface area contributed by atoms with Crippen LogP contribution in [0.2, 0.25) is 0 Å². The molecule has 0 aromatic rings. The Morgan fingerprint density at radius 2 is 1.48 bits per heavy atom. The molecule has 0 amide bonds. The Kier molecular flexibility index (Phi) is 11.9. The molecule has 0 spiro atoms. The Morgan fingerprint density at radius 3 is 2.12 bits per heavy atom. The van der Waals surface area contributed by atoms with Crippen molar-refractivity contribution in [3.63, 3.8) is 0 Å². The van der Waals surface area contributed by atoms with E-state index in [4.69, 9.17) is 28.4 Å². The highest BCUT2D eigenvalue weighted by molar-refractivity contribution is 5.65. The number of hydrogen-bond donors (Lipinski definition) is 8. The van der Waals surface area contributed by atoms with Crippen LogP contribution in [0.3, 0.4) is 0 Å². The van der Waals surface area contributed by atoms with Crippen molar-refractivity contribution in [1.29, 1.82) is 0 Å². The molecule has 58 heavy (non-hydrogen) atoms. The molecule has 334 valence electrons. The van der Waals surface area contributed by atoms with E-state index in [1.54, 1.807) is 13.8 Å². The summed E-state index contributed by atoms with van der Waals surface area (Å²) in [6.45, 7) is 17.2. The van der Waals surface area contributed by atoms with Gasteiger partial charge in [0.15, 0.2) is 12.6 Å². The topological polar surface area (TPSA) is 234 Å². The Hall–Kier alpha value is -1.05. The smallest absolute Gasteiger partial charge is 0.302 e. The molecule has 3 heterocycles. The molecule has 0 aromatic carbocycles. The summed E-state index contributed by atoms with van der Waals surface area (Å²) >= 11 is 0. The van der Waals surface area contributed by atoms with E-state index in [-0.39, 0.29) is 41.8 Å². The number of aliphatic hydroxyl groups is 8. The molecule has 3 saturated heterocycles. The van der Waals surface area contributed by atoms with Crippen molar-refractivity contribution in [3.05, 3.63) is 0 Å². The Balaban J connectivity index is 1.26. The zero-order valence-electron chi connectivity index (χ0n) is 35.8. The maximum absolute atomic E-state index is 12.4. The maximum Gasteiger partial charge on any atom is 0.302 e. The molecule has 21 atom stereocenters. The number of fused-ring (bicyclic) bond motifs is 5. The van der Waals surface area contributed by atoms with E-state index in [0.717, 1.165) is 25.7 Å². The third-order valence-corrected chi connectivity index (χ3v) is 17.3. The van der Waals surface area contributed by atoms with Crippen molar-refractivity contribution >= 4 is 5.97 Å². The monoisotopic (exact) mass is 828 g/mol. The van der Waals surface area contributed by atoms with Gasteiger partial charge in [0, 0.05) is 6.92 Å². The number of ether oxygens (including phenoxy) is 6. The van der Waals surface area contributed by atoms with Crippen molar-refractivity contribution in [3.8, 4) is 0 Å². The van der Waals surface area contributed by atoms with Gasteiger partial charge in [0.2, 0.25) is 0 Å². The van der Waals surface area contributed by atoms with Crippen LogP contribution in [-0.2, 0) is 33.2 Å². The first-order chi connectivity index (χ1) is 26.8. The van der Waals surface area contributed by atoms with Crippen molar-refractivity contribution in [2.45, 2.75) is 205 Å². The summed E-state index contributed by atoms with van der Waals surface area (Å²) in [5.74, 6) is -0.933. The van der Waals surface area contributed by atoms with Gasteiger partial charge < -0.3 is 69.3 Å². The van der Waals surface area contributed by atoms with Crippen LogP contribution in [0, 0.1) is 45.3 Å². The van der Waals surface area contributed by atoms with Gasteiger partial charge in [-0.1, -0.05) is 34.6 Å². The maximum atomic E-state index is 12.4. The molecule has 4 saturated carbocycles. The van der Waals surface area contributed by atoms with Gasteiger partial charge >= 0.3 is 5.97 Å². The molecule has 0 radical (unpaired) electrons. The van der Waals surface area contributed by atoms with Crippen LogP contribution in [0.1, 0.15) is 114 Å². The fourth-order valence-electron chi connectivity index (χ4n) is 14.1. The van der Waals surface area contributed by atoms with Crippen molar-refractivity contribution < 1.29 is 74.1 Å². The fourth-order valence-corrected chi connectivity index (χ4v) is 14.1. The SMILES string of the molecule is CC(=O)OC[C@H]1O[C@@H](O[C@H]2C[C@]3(C)[C@H](C[C@@H](O)[C@H]4[C@@H]([C@]5(C)CC[C@@H](C(C)(C)O)O5)CC[C@]43C)[C@@]3(C)CC[C@H](O)C(C)(C)[C@@H]23)[C@H](O[C@@H]2OC[C@@H](O)[C@H](O)[C@H]2O)[C@@H](O)[C@@H]1O. The lowest BCUT2D eigenvalue weighted by molar-refractivity contribution is -0.377. The number of aliphatic hydroxyl groups excluding tert-OH is 7. The van der Waals surface area contributed by atoms with Crippen molar-refractivity contribution in [2.24, 2.45) is 45.3 Å². The van der Waals surface area contributed by atoms with E-state index in [2.05, 4.69) is 27.7 Å². The minimum Gasteiger partial charge on any atom is -0.463 e. The van der Waals surface area contributed by atoms with Crippen molar-refractivity contribution in [2.75, 3.05) is 13.2 Å². The van der Waals surface area contributed by atoms with Gasteiger partial charge in [0.25, 0.3) is 0 Å². The summed E-state index contributed by atoms with van der Waals surface area (Å²) in [4.78, 5) is 11.9. The minimum absolute atomic E-state index is 0.0372. The second kappa shape index (κ2) is 15.3. The second-order valence-electron chi connectivity index (χ2n) is 21.4. The average molecular weight is 829 g/mol. The molecule has 7 fully saturated rings. The van der Waals surface area contributed by atoms with Crippen LogP contribution < -0.4 is 0 Å². The molecular weight excluding hydrogens is 756 g/mol. The summed E-state index contributed by atoms with van der Waals surface area (Å²) in [6, 6.07) is 0. The summed E-state index contributed by atoms with van der Waals surface area (Å²) in [6.07, 6.45) is -10.3. The molecule has 0 bridgehead atoms. The number of hydrogen-bond acceptors (Lipinski definition) is 15. The second-order valence-corrected chi connectivity index (χ2v) is 21.4. The van der Waals surface area contributed by atoms with E-state index < -0.39 is 114 Å². The van der Waals surface area contributed by atoms with E-state index in [0.29, 0.717) is 25.7 Å². The van der Waals surface area contributed by atoms with Crippen LogP contribution in [0.25, 0.3) is 0 Å². The van der Waals surface area contributed by atoms with Crippen LogP contribution in [0.4, 0.5) is 0 Å². The first-order valence-electron chi connectivity index (χ1n) is 21.7. The summed E-state index contributed by atoms with van der Waals surface area (Å²) in [5, 5.41) is 89.4. The molecule has 0 unspecified atom stereocenters. The third kappa shape index (κ3) is 7.11. The Bertz CT molecular complexity index is 1510. The van der Waals surface area contributed by atoms with Crippen LogP contribution in [-0.4, -0.2) is 151 Å². The van der Waals surface area contributed by atoms with Gasteiger partial charge in [-0.3, -0.25) is 4.79 Å². The standard InChI is InChI=1S/C43H72O15/c1-20(44)53-19-25-31(49)32(50)34(57-36-33(51)30(48)23(46)18-54-36)37(56-25)55-24-17-42(8)26(40(6)13-11-27(47)38(2,3)35(24)40)16-22(45)29-21(10-14-41(29,42)7)43(9)15-12-28(58-43)39(4,5)52/h21-37,45-52H,10-19H2,1-9H3/t21-,22+,23+,24-,25+,26+,27-,28-,29+,30-,31+,32-,33+,34+,35+,36-,37+,40+,41+,42+,43-/m0/s1. The third-order valence-electron chi connectivity index (χ3n) is 17.3. The molecule has 8 N–H and O–H groups in total. The van der Waals surface area contributed by atoms with Gasteiger partial charge in [-0.2, -0.15) is 0 Å². The Morgan fingerprint density at radius 1 is 0.793 bits per heavy atom. The lowest BCUT2D eigenvalue weighted by Gasteiger charge is -2.72. The highest BCUT2D eigenvalue weighted by Gasteiger charge is 2.74. The lowest BCUT2D eigenvalue weighted by Crippen LogP contribution is -2.71. The highest BCUT2D eigenvalue weighted by atomic mass is 16.8. The first kappa shape index (κ1) is 45.0. The van der Waals surface area contributed by atoms with E-state index in [1.165, 1.54) is 6.92 Å². The van der Waals surface area contributed by atoms with Gasteiger partial charge in [-0.25, -0.2) is 0 Å². The van der Waals surface area contributed by atoms with Crippen LogP contribution in [0.5, 0.6) is 0 Å². The molecule has 4 aliphatic carbocycles. The zero-order valence-corrected chi connectivity index (χ0v) is 35.8. The largest absolute Gasteiger partial charge is 0.463 e. The number of rotatable bonds is 8. The zero-order chi connectivity index (χ0) is 42.7. The molecule has 0 aromatic heterocycles. The summed E-state index contributed by atoms with van der Waals surface area (Å²) in [5.41, 5.74) is -3.47. The normalized spacial score (nSPS) is 54.3. The molecular formula is C43H72O15. The molecule has 3 aliphatic heterocycles. The first-order valence-corrected chi connectivity index (χ1v) is 21.7. The predicted molar refractivity (Wildman–Crippen MR) is 205 cm³/mol. The average Bonchev–Trinajstić information content (AvgIpc) is 3.73. The number of carbonyl (C=O) groups is 1. The summed E-state index contributed by atoms with van der Waals surface area (Å²) < 4.78 is 37.2. The molecule has 15 nitrogen and oxygen atoms in total. The van der Waals surface area contributed by atoms with Gasteiger partial charge in [-0.15, -0.1) is 0 Å². The summed E-state index contributed by atoms with van der Waals surface area (Å²) in [7, 11) is 0. The van der Waals surface area contributed by atoms with Crippen molar-refractivity contribution in [1.82, 2.24) is 0 Å². The molecule has 7 rings (SSSR count). The quantitative estimate of drug-likeness (QED) is 0.128. The van der Waals surface area contributed by atoms with E-state index in [1.807, 2.05) is 13.8 Å². The fraction of sp³-hybridized carbons (Fsp3) is 0.977. The highest BCUT2D eigenvalue weighted by Crippen LogP contribution is 2.76.